The minimum atomic E-state index is 0.159. The van der Waals surface area contributed by atoms with Gasteiger partial charge < -0.3 is 15.8 Å². The summed E-state index contributed by atoms with van der Waals surface area (Å²) in [5, 5.41) is 12.2. The second kappa shape index (κ2) is 5.92. The molecule has 21 heavy (non-hydrogen) atoms. The fraction of sp³-hybridized carbons (Fsp3) is 0.625. The first-order valence-electron chi connectivity index (χ1n) is 7.91. The van der Waals surface area contributed by atoms with Crippen molar-refractivity contribution in [1.82, 2.24) is 4.98 Å². The number of nitrogens with zero attached hydrogens (tertiary/aromatic N) is 3. The molecular formula is C16H24N4O. The Balaban J connectivity index is 1.95. The molecule has 0 atom stereocenters. The summed E-state index contributed by atoms with van der Waals surface area (Å²) in [6.45, 7) is 0.998. The van der Waals surface area contributed by atoms with E-state index in [0.29, 0.717) is 0 Å². The van der Waals surface area contributed by atoms with E-state index in [2.05, 4.69) is 23.2 Å². The molecule has 0 amide bonds. The summed E-state index contributed by atoms with van der Waals surface area (Å²) in [4.78, 5) is 7.02. The number of anilines is 1. The van der Waals surface area contributed by atoms with Gasteiger partial charge in [0, 0.05) is 19.3 Å². The van der Waals surface area contributed by atoms with E-state index in [1.165, 1.54) is 43.4 Å². The zero-order valence-electron chi connectivity index (χ0n) is 12.7. The van der Waals surface area contributed by atoms with E-state index in [9.17, 15) is 0 Å². The van der Waals surface area contributed by atoms with Crippen LogP contribution in [0.15, 0.2) is 11.2 Å². The summed E-state index contributed by atoms with van der Waals surface area (Å²) in [6.07, 6.45) is 8.42. The lowest BCUT2D eigenvalue weighted by Gasteiger charge is -2.32. The van der Waals surface area contributed by atoms with Crippen molar-refractivity contribution in [3.63, 3.8) is 0 Å². The van der Waals surface area contributed by atoms with Crippen LogP contribution in [-0.4, -0.2) is 29.6 Å². The highest BCUT2D eigenvalue weighted by Crippen LogP contribution is 2.30. The van der Waals surface area contributed by atoms with Crippen LogP contribution < -0.4 is 10.6 Å². The van der Waals surface area contributed by atoms with Gasteiger partial charge in [-0.1, -0.05) is 11.6 Å². The molecule has 3 N–H and O–H groups in total. The molecule has 5 heteroatoms. The summed E-state index contributed by atoms with van der Waals surface area (Å²) in [6, 6.07) is 2.07. The number of hydrogen-bond donors (Lipinski definition) is 2. The molecule has 0 saturated heterocycles. The molecule has 0 spiro atoms. The Morgan fingerprint density at radius 3 is 2.81 bits per heavy atom. The van der Waals surface area contributed by atoms with Gasteiger partial charge in [-0.3, -0.25) is 0 Å². The largest absolute Gasteiger partial charge is 0.409 e. The Morgan fingerprint density at radius 2 is 2.14 bits per heavy atom. The molecule has 1 heterocycles. The van der Waals surface area contributed by atoms with Crippen LogP contribution in [0.5, 0.6) is 0 Å². The van der Waals surface area contributed by atoms with Gasteiger partial charge in [0.25, 0.3) is 0 Å². The van der Waals surface area contributed by atoms with Crippen molar-refractivity contribution in [3.8, 4) is 0 Å². The van der Waals surface area contributed by atoms with E-state index in [0.717, 1.165) is 36.7 Å². The molecule has 1 aromatic rings. The van der Waals surface area contributed by atoms with Gasteiger partial charge in [-0.05, 0) is 56.1 Å². The second-order valence-corrected chi connectivity index (χ2v) is 6.34. The minimum absolute atomic E-state index is 0.159. The molecule has 0 bridgehead atoms. The maximum atomic E-state index is 9.05. The van der Waals surface area contributed by atoms with E-state index in [4.69, 9.17) is 15.9 Å². The monoisotopic (exact) mass is 288 g/mol. The highest BCUT2D eigenvalue weighted by Gasteiger charge is 2.23. The number of aryl methyl sites for hydroxylation is 2. The Morgan fingerprint density at radius 1 is 1.38 bits per heavy atom. The van der Waals surface area contributed by atoms with Gasteiger partial charge in [-0.2, -0.15) is 0 Å². The quantitative estimate of drug-likeness (QED) is 0.386. The van der Waals surface area contributed by atoms with Crippen molar-refractivity contribution < 1.29 is 5.21 Å². The van der Waals surface area contributed by atoms with E-state index in [1.807, 2.05) is 0 Å². The van der Waals surface area contributed by atoms with Crippen molar-refractivity contribution in [2.24, 2.45) is 16.8 Å². The minimum Gasteiger partial charge on any atom is -0.409 e. The number of nitrogens with two attached hydrogens (primary N) is 1. The first-order valence-corrected chi connectivity index (χ1v) is 7.91. The van der Waals surface area contributed by atoms with Crippen LogP contribution in [0.3, 0.4) is 0 Å². The molecule has 114 valence electrons. The fourth-order valence-corrected chi connectivity index (χ4v) is 3.31. The molecule has 5 nitrogen and oxygen atoms in total. The van der Waals surface area contributed by atoms with Crippen molar-refractivity contribution in [3.05, 3.63) is 22.9 Å². The SMILES string of the molecule is CN(CC1CCC1)c1nc2c(cc1C(N)=NO)CCCC2. The summed E-state index contributed by atoms with van der Waals surface area (Å²) in [5.41, 5.74) is 9.08. The lowest BCUT2D eigenvalue weighted by molar-refractivity contribution is 0.318. The average molecular weight is 288 g/mol. The number of oxime groups is 1. The molecule has 2 aliphatic rings. The average Bonchev–Trinajstić information content (AvgIpc) is 2.48. The van der Waals surface area contributed by atoms with Gasteiger partial charge >= 0.3 is 0 Å². The molecule has 2 aliphatic carbocycles. The Kier molecular flexibility index (Phi) is 3.99. The summed E-state index contributed by atoms with van der Waals surface area (Å²) >= 11 is 0. The molecule has 0 aliphatic heterocycles. The standard InChI is InChI=1S/C16H24N4O/c1-20(10-11-5-4-6-11)16-13(15(17)19-21)9-12-7-2-3-8-14(12)18-16/h9,11,21H,2-8,10H2,1H3,(H2,17,19). The van der Waals surface area contributed by atoms with Gasteiger partial charge in [0.15, 0.2) is 5.84 Å². The summed E-state index contributed by atoms with van der Waals surface area (Å²) in [5.74, 6) is 1.78. The third-order valence-corrected chi connectivity index (χ3v) is 4.78. The smallest absolute Gasteiger partial charge is 0.173 e. The van der Waals surface area contributed by atoms with Crippen LogP contribution in [0.4, 0.5) is 5.82 Å². The highest BCUT2D eigenvalue weighted by molar-refractivity contribution is 6.01. The van der Waals surface area contributed by atoms with Crippen molar-refractivity contribution in [1.29, 1.82) is 0 Å². The molecule has 3 rings (SSSR count). The third-order valence-electron chi connectivity index (χ3n) is 4.78. The first kappa shape index (κ1) is 14.2. The molecule has 0 unspecified atom stereocenters. The zero-order valence-corrected chi connectivity index (χ0v) is 12.7. The van der Waals surface area contributed by atoms with Crippen molar-refractivity contribution in [2.45, 2.75) is 44.9 Å². The van der Waals surface area contributed by atoms with Crippen LogP contribution in [-0.2, 0) is 12.8 Å². The number of aromatic nitrogens is 1. The number of pyridine rings is 1. The predicted molar refractivity (Wildman–Crippen MR) is 84.0 cm³/mol. The fourth-order valence-electron chi connectivity index (χ4n) is 3.31. The van der Waals surface area contributed by atoms with Gasteiger partial charge in [0.1, 0.15) is 5.82 Å². The van der Waals surface area contributed by atoms with Crippen LogP contribution in [0.1, 0.15) is 48.9 Å². The van der Waals surface area contributed by atoms with Gasteiger partial charge in [0.05, 0.1) is 5.56 Å². The first-order chi connectivity index (χ1) is 10.2. The molecule has 1 saturated carbocycles. The Hall–Kier alpha value is -1.78. The van der Waals surface area contributed by atoms with E-state index in [-0.39, 0.29) is 5.84 Å². The molecule has 1 fully saturated rings. The van der Waals surface area contributed by atoms with Gasteiger partial charge in [-0.15, -0.1) is 0 Å². The third kappa shape index (κ3) is 2.82. The van der Waals surface area contributed by atoms with Crippen LogP contribution in [0.25, 0.3) is 0 Å². The predicted octanol–water partition coefficient (Wildman–Crippen LogP) is 2.29. The highest BCUT2D eigenvalue weighted by atomic mass is 16.4. The van der Waals surface area contributed by atoms with E-state index in [1.54, 1.807) is 0 Å². The molecule has 0 aromatic carbocycles. The number of fused-ring (bicyclic) bond motifs is 1. The normalized spacial score (nSPS) is 19.0. The second-order valence-electron chi connectivity index (χ2n) is 6.34. The Bertz CT molecular complexity index is 551. The van der Waals surface area contributed by atoms with E-state index < -0.39 is 0 Å². The summed E-state index contributed by atoms with van der Waals surface area (Å²) < 4.78 is 0. The molecular weight excluding hydrogens is 264 g/mol. The zero-order chi connectivity index (χ0) is 14.8. The molecule has 0 radical (unpaired) electrons. The van der Waals surface area contributed by atoms with Crippen LogP contribution in [0.2, 0.25) is 0 Å². The van der Waals surface area contributed by atoms with Gasteiger partial charge in [0.2, 0.25) is 0 Å². The lowest BCUT2D eigenvalue weighted by Crippen LogP contribution is -2.32. The van der Waals surface area contributed by atoms with E-state index >= 15 is 0 Å². The van der Waals surface area contributed by atoms with Crippen molar-refractivity contribution in [2.75, 3.05) is 18.5 Å². The van der Waals surface area contributed by atoms with Crippen LogP contribution >= 0.6 is 0 Å². The molecule has 1 aromatic heterocycles. The number of hydrogen-bond acceptors (Lipinski definition) is 4. The lowest BCUT2D eigenvalue weighted by atomic mass is 9.85. The van der Waals surface area contributed by atoms with Crippen molar-refractivity contribution >= 4 is 11.7 Å². The number of rotatable bonds is 4. The van der Waals surface area contributed by atoms with Crippen LogP contribution in [0, 0.1) is 5.92 Å². The summed E-state index contributed by atoms with van der Waals surface area (Å²) in [7, 11) is 2.06. The topological polar surface area (TPSA) is 74.7 Å². The Labute approximate surface area is 125 Å². The van der Waals surface area contributed by atoms with Gasteiger partial charge in [-0.25, -0.2) is 4.98 Å². The maximum Gasteiger partial charge on any atom is 0.173 e. The maximum absolute atomic E-state index is 9.05. The number of amidine groups is 1.